The van der Waals surface area contributed by atoms with E-state index in [4.69, 9.17) is 16.3 Å². The van der Waals surface area contributed by atoms with Gasteiger partial charge in [-0.1, -0.05) is 24.6 Å². The molecule has 0 radical (unpaired) electrons. The maximum Gasteiger partial charge on any atom is 0.164 e. The fourth-order valence-electron chi connectivity index (χ4n) is 1.77. The second kappa shape index (κ2) is 6.54. The highest BCUT2D eigenvalue weighted by Crippen LogP contribution is 2.26. The first-order valence-corrected chi connectivity index (χ1v) is 6.51. The van der Waals surface area contributed by atoms with Gasteiger partial charge in [0.15, 0.2) is 5.82 Å². The Morgan fingerprint density at radius 3 is 3.00 bits per heavy atom. The molecule has 1 aromatic heterocycles. The highest BCUT2D eigenvalue weighted by atomic mass is 35.5. The molecule has 1 aromatic carbocycles. The van der Waals surface area contributed by atoms with E-state index in [2.05, 4.69) is 17.0 Å². The van der Waals surface area contributed by atoms with Crippen LogP contribution in [0.3, 0.4) is 0 Å². The van der Waals surface area contributed by atoms with Gasteiger partial charge in [-0.3, -0.25) is 0 Å². The zero-order chi connectivity index (χ0) is 13.7. The van der Waals surface area contributed by atoms with Gasteiger partial charge in [0.05, 0.1) is 6.61 Å². The molecule has 0 spiro atoms. The molecule has 0 aliphatic rings. The van der Waals surface area contributed by atoms with E-state index < -0.39 is 0 Å². The lowest BCUT2D eigenvalue weighted by Crippen LogP contribution is -2.09. The summed E-state index contributed by atoms with van der Waals surface area (Å²) in [4.78, 5) is 4.16. The van der Waals surface area contributed by atoms with Gasteiger partial charge in [-0.2, -0.15) is 5.10 Å². The maximum absolute atomic E-state index is 9.30. The molecule has 1 N–H and O–H groups in total. The molecule has 19 heavy (non-hydrogen) atoms. The quantitative estimate of drug-likeness (QED) is 0.883. The standard InChI is InChI=1S/C13H16ClN3O2/c1-2-6-17-13(15-9-16-17)8-19-12-5-3-4-11(14)10(12)7-18/h3-5,9,18H,2,6-8H2,1H3. The number of ether oxygens (including phenoxy) is 1. The Labute approximate surface area is 116 Å². The fourth-order valence-corrected chi connectivity index (χ4v) is 1.99. The van der Waals surface area contributed by atoms with Crippen LogP contribution in [-0.2, 0) is 19.8 Å². The van der Waals surface area contributed by atoms with Gasteiger partial charge in [-0.25, -0.2) is 9.67 Å². The third-order valence-corrected chi connectivity index (χ3v) is 3.08. The number of benzene rings is 1. The normalized spacial score (nSPS) is 10.7. The van der Waals surface area contributed by atoms with E-state index in [1.165, 1.54) is 6.33 Å². The number of rotatable bonds is 6. The topological polar surface area (TPSA) is 60.2 Å². The number of aliphatic hydroxyl groups excluding tert-OH is 1. The third-order valence-electron chi connectivity index (χ3n) is 2.72. The van der Waals surface area contributed by atoms with E-state index in [0.717, 1.165) is 18.8 Å². The first-order valence-electron chi connectivity index (χ1n) is 6.14. The van der Waals surface area contributed by atoms with Crippen LogP contribution in [0, 0.1) is 0 Å². The second-order valence-corrected chi connectivity index (χ2v) is 4.47. The smallest absolute Gasteiger partial charge is 0.164 e. The Bertz CT molecular complexity index is 542. The van der Waals surface area contributed by atoms with Crippen molar-refractivity contribution in [2.75, 3.05) is 0 Å². The Kier molecular flexibility index (Phi) is 4.76. The van der Waals surface area contributed by atoms with Gasteiger partial charge >= 0.3 is 0 Å². The summed E-state index contributed by atoms with van der Waals surface area (Å²) in [5, 5.41) is 13.9. The average molecular weight is 282 g/mol. The van der Waals surface area contributed by atoms with Gasteiger partial charge in [-0.05, 0) is 18.6 Å². The van der Waals surface area contributed by atoms with Crippen LogP contribution < -0.4 is 4.74 Å². The van der Waals surface area contributed by atoms with E-state index in [0.29, 0.717) is 22.9 Å². The Morgan fingerprint density at radius 2 is 2.26 bits per heavy atom. The summed E-state index contributed by atoms with van der Waals surface area (Å²) < 4.78 is 7.48. The molecule has 102 valence electrons. The molecule has 0 saturated carbocycles. The molecule has 0 bridgehead atoms. The maximum atomic E-state index is 9.30. The largest absolute Gasteiger partial charge is 0.485 e. The van der Waals surface area contributed by atoms with E-state index in [1.807, 2.05) is 4.68 Å². The van der Waals surface area contributed by atoms with Crippen molar-refractivity contribution in [3.05, 3.63) is 40.9 Å². The Morgan fingerprint density at radius 1 is 1.42 bits per heavy atom. The molecule has 0 aliphatic carbocycles. The van der Waals surface area contributed by atoms with Crippen molar-refractivity contribution in [3.63, 3.8) is 0 Å². The molecule has 5 nitrogen and oxygen atoms in total. The number of nitrogens with zero attached hydrogens (tertiary/aromatic N) is 3. The summed E-state index contributed by atoms with van der Waals surface area (Å²) >= 11 is 6.00. The predicted octanol–water partition coefficient (Wildman–Crippen LogP) is 2.41. The van der Waals surface area contributed by atoms with Crippen molar-refractivity contribution >= 4 is 11.6 Å². The average Bonchev–Trinajstić information content (AvgIpc) is 2.84. The minimum atomic E-state index is -0.156. The van der Waals surface area contributed by atoms with Crippen LogP contribution in [0.1, 0.15) is 24.7 Å². The predicted molar refractivity (Wildman–Crippen MR) is 72.0 cm³/mol. The van der Waals surface area contributed by atoms with Gasteiger partial charge in [0.1, 0.15) is 18.7 Å². The first-order chi connectivity index (χ1) is 9.26. The summed E-state index contributed by atoms with van der Waals surface area (Å²) in [7, 11) is 0. The van der Waals surface area contributed by atoms with Gasteiger partial charge in [0, 0.05) is 17.1 Å². The van der Waals surface area contributed by atoms with Crippen LogP contribution in [0.5, 0.6) is 5.75 Å². The van der Waals surface area contributed by atoms with Crippen LogP contribution in [0.4, 0.5) is 0 Å². The number of aryl methyl sites for hydroxylation is 1. The lowest BCUT2D eigenvalue weighted by atomic mass is 10.2. The summed E-state index contributed by atoms with van der Waals surface area (Å²) in [6.07, 6.45) is 2.49. The van der Waals surface area contributed by atoms with E-state index in [-0.39, 0.29) is 6.61 Å². The molecular formula is C13H16ClN3O2. The zero-order valence-electron chi connectivity index (χ0n) is 10.7. The van der Waals surface area contributed by atoms with Crippen LogP contribution in [0.15, 0.2) is 24.5 Å². The van der Waals surface area contributed by atoms with E-state index >= 15 is 0 Å². The highest BCUT2D eigenvalue weighted by molar-refractivity contribution is 6.31. The third kappa shape index (κ3) is 3.24. The van der Waals surface area contributed by atoms with Crippen molar-refractivity contribution < 1.29 is 9.84 Å². The van der Waals surface area contributed by atoms with Crippen molar-refractivity contribution in [1.29, 1.82) is 0 Å². The summed E-state index contributed by atoms with van der Waals surface area (Å²) in [5.74, 6) is 1.33. The molecule has 0 atom stereocenters. The highest BCUT2D eigenvalue weighted by Gasteiger charge is 2.09. The van der Waals surface area contributed by atoms with Crippen molar-refractivity contribution in [3.8, 4) is 5.75 Å². The van der Waals surface area contributed by atoms with E-state index in [1.54, 1.807) is 18.2 Å². The van der Waals surface area contributed by atoms with Gasteiger partial charge in [0.2, 0.25) is 0 Å². The minimum Gasteiger partial charge on any atom is -0.485 e. The summed E-state index contributed by atoms with van der Waals surface area (Å²) in [5.41, 5.74) is 0.589. The molecule has 0 unspecified atom stereocenters. The first kappa shape index (κ1) is 13.8. The Hall–Kier alpha value is -1.59. The molecule has 0 fully saturated rings. The molecule has 0 aliphatic heterocycles. The van der Waals surface area contributed by atoms with Gasteiger partial charge in [-0.15, -0.1) is 0 Å². The van der Waals surface area contributed by atoms with Crippen molar-refractivity contribution in [2.45, 2.75) is 33.1 Å². The second-order valence-electron chi connectivity index (χ2n) is 4.06. The molecule has 0 saturated heterocycles. The van der Waals surface area contributed by atoms with Crippen molar-refractivity contribution in [2.24, 2.45) is 0 Å². The number of aromatic nitrogens is 3. The monoisotopic (exact) mass is 281 g/mol. The van der Waals surface area contributed by atoms with Gasteiger partial charge in [0.25, 0.3) is 0 Å². The molecular weight excluding hydrogens is 266 g/mol. The van der Waals surface area contributed by atoms with Gasteiger partial charge < -0.3 is 9.84 Å². The molecule has 2 rings (SSSR count). The number of halogens is 1. The zero-order valence-corrected chi connectivity index (χ0v) is 11.5. The van der Waals surface area contributed by atoms with Crippen LogP contribution >= 0.6 is 11.6 Å². The van der Waals surface area contributed by atoms with E-state index in [9.17, 15) is 5.11 Å². The lowest BCUT2D eigenvalue weighted by Gasteiger charge is -2.11. The minimum absolute atomic E-state index is 0.156. The molecule has 0 amide bonds. The summed E-state index contributed by atoms with van der Waals surface area (Å²) in [6.45, 7) is 3.03. The molecule has 1 heterocycles. The van der Waals surface area contributed by atoms with Crippen LogP contribution in [0.25, 0.3) is 0 Å². The van der Waals surface area contributed by atoms with Crippen LogP contribution in [0.2, 0.25) is 5.02 Å². The van der Waals surface area contributed by atoms with Crippen molar-refractivity contribution in [1.82, 2.24) is 14.8 Å². The number of hydrogen-bond acceptors (Lipinski definition) is 4. The number of hydrogen-bond donors (Lipinski definition) is 1. The number of aliphatic hydroxyl groups is 1. The molecule has 2 aromatic rings. The van der Waals surface area contributed by atoms with Crippen LogP contribution in [-0.4, -0.2) is 19.9 Å². The SMILES string of the molecule is CCCn1ncnc1COc1cccc(Cl)c1CO. The lowest BCUT2D eigenvalue weighted by molar-refractivity contribution is 0.252. The molecule has 6 heteroatoms. The Balaban J connectivity index is 2.10. The summed E-state index contributed by atoms with van der Waals surface area (Å²) in [6, 6.07) is 5.28. The fraction of sp³-hybridized carbons (Fsp3) is 0.385.